The van der Waals surface area contributed by atoms with Gasteiger partial charge in [-0.1, -0.05) is 6.07 Å². The lowest BCUT2D eigenvalue weighted by molar-refractivity contribution is 0.102. The first kappa shape index (κ1) is 17.7. The lowest BCUT2D eigenvalue weighted by atomic mass is 10.0. The second-order valence-electron chi connectivity index (χ2n) is 5.33. The van der Waals surface area contributed by atoms with E-state index in [1.54, 1.807) is 24.4 Å². The third-order valence-corrected chi connectivity index (χ3v) is 3.83. The Kier molecular flexibility index (Phi) is 5.04. The highest BCUT2D eigenvalue weighted by Gasteiger charge is 2.17. The summed E-state index contributed by atoms with van der Waals surface area (Å²) in [6.45, 7) is 0. The molecule has 1 amide bonds. The zero-order valence-corrected chi connectivity index (χ0v) is 13.9. The fraction of sp³-hybridized carbons (Fsp3) is 0. The molecule has 0 spiro atoms. The molecule has 0 atom stereocenters. The van der Waals surface area contributed by atoms with Gasteiger partial charge in [-0.3, -0.25) is 14.6 Å². The molecule has 0 unspecified atom stereocenters. The largest absolute Gasteiger partial charge is 0.319 e. The number of anilines is 1. The number of nitrogens with one attached hydrogen (secondary N) is 1. The summed E-state index contributed by atoms with van der Waals surface area (Å²) in [4.78, 5) is 27.8. The first-order chi connectivity index (χ1) is 12.5. The van der Waals surface area contributed by atoms with Gasteiger partial charge >= 0.3 is 0 Å². The quantitative estimate of drug-likeness (QED) is 0.678. The summed E-state index contributed by atoms with van der Waals surface area (Å²) in [5.74, 6) is -2.16. The average molecular weight is 373 g/mol. The van der Waals surface area contributed by atoms with Crippen LogP contribution in [0, 0.1) is 11.6 Å². The van der Waals surface area contributed by atoms with Gasteiger partial charge in [0.2, 0.25) is 0 Å². The molecule has 1 aromatic heterocycles. The zero-order chi connectivity index (χ0) is 18.7. The molecule has 0 aliphatic carbocycles. The van der Waals surface area contributed by atoms with Crippen molar-refractivity contribution in [3.05, 3.63) is 83.6 Å². The minimum Gasteiger partial charge on any atom is -0.319 e. The number of rotatable bonds is 4. The van der Waals surface area contributed by atoms with E-state index in [0.717, 1.165) is 12.1 Å². The van der Waals surface area contributed by atoms with Gasteiger partial charge in [0.25, 0.3) is 11.1 Å². The summed E-state index contributed by atoms with van der Waals surface area (Å²) in [5.41, 5.74) is 0.675. The lowest BCUT2D eigenvalue weighted by Gasteiger charge is -2.11. The van der Waals surface area contributed by atoms with Gasteiger partial charge in [0.15, 0.2) is 0 Å². The van der Waals surface area contributed by atoms with Gasteiger partial charge in [-0.2, -0.15) is 0 Å². The van der Waals surface area contributed by atoms with Crippen molar-refractivity contribution >= 4 is 28.4 Å². The Labute approximate surface area is 152 Å². The van der Waals surface area contributed by atoms with Crippen LogP contribution in [0.1, 0.15) is 20.7 Å². The molecule has 0 fully saturated rings. The van der Waals surface area contributed by atoms with E-state index < -0.39 is 22.8 Å². The highest BCUT2D eigenvalue weighted by atomic mass is 35.5. The summed E-state index contributed by atoms with van der Waals surface area (Å²) in [7, 11) is 0. The van der Waals surface area contributed by atoms with Crippen molar-refractivity contribution in [3.8, 4) is 11.3 Å². The molecule has 0 bridgehead atoms. The van der Waals surface area contributed by atoms with Crippen molar-refractivity contribution in [2.24, 2.45) is 0 Å². The number of amides is 1. The number of aromatic nitrogens is 1. The summed E-state index contributed by atoms with van der Waals surface area (Å²) in [5, 5.41) is 1.55. The van der Waals surface area contributed by atoms with E-state index in [2.05, 4.69) is 10.3 Å². The van der Waals surface area contributed by atoms with Gasteiger partial charge < -0.3 is 5.32 Å². The number of hydrogen-bond donors (Lipinski definition) is 1. The minimum absolute atomic E-state index is 0.000552. The van der Waals surface area contributed by atoms with Crippen LogP contribution in [0.4, 0.5) is 14.5 Å². The number of carbonyl (C=O) groups is 2. The second-order valence-corrected chi connectivity index (χ2v) is 5.67. The van der Waals surface area contributed by atoms with E-state index in [0.29, 0.717) is 11.3 Å². The van der Waals surface area contributed by atoms with Gasteiger partial charge in [-0.15, -0.1) is 0 Å². The normalized spacial score (nSPS) is 10.4. The van der Waals surface area contributed by atoms with Crippen molar-refractivity contribution in [1.29, 1.82) is 0 Å². The molecule has 130 valence electrons. The van der Waals surface area contributed by atoms with Gasteiger partial charge in [-0.25, -0.2) is 8.78 Å². The number of benzene rings is 2. The SMILES string of the molecule is O=C(Cl)c1ccc(NC(=O)c2cc(F)ccc2-c2ccccn2)c(F)c1. The standard InChI is InChI=1S/C19H11ClF2N2O2/c20-18(25)11-4-7-17(15(22)9-11)24-19(26)14-10-12(21)5-6-13(14)16-3-1-2-8-23-16/h1-10H,(H,24,26). The molecule has 3 aromatic rings. The Balaban J connectivity index is 1.96. The van der Waals surface area contributed by atoms with Crippen molar-refractivity contribution in [1.82, 2.24) is 4.98 Å². The van der Waals surface area contributed by atoms with Gasteiger partial charge in [-0.05, 0) is 60.1 Å². The van der Waals surface area contributed by atoms with Crippen molar-refractivity contribution in [2.75, 3.05) is 5.32 Å². The van der Waals surface area contributed by atoms with Crippen molar-refractivity contribution in [3.63, 3.8) is 0 Å². The summed E-state index contributed by atoms with van der Waals surface area (Å²) in [6.07, 6.45) is 1.54. The molecule has 0 saturated carbocycles. The molecule has 1 heterocycles. The van der Waals surface area contributed by atoms with Crippen LogP contribution >= 0.6 is 11.6 Å². The minimum atomic E-state index is -0.833. The first-order valence-corrected chi connectivity index (χ1v) is 7.85. The van der Waals surface area contributed by atoms with E-state index in [1.807, 2.05) is 0 Å². The van der Waals surface area contributed by atoms with E-state index in [1.165, 1.54) is 24.3 Å². The maximum atomic E-state index is 14.1. The van der Waals surface area contributed by atoms with Gasteiger partial charge in [0.05, 0.1) is 16.9 Å². The van der Waals surface area contributed by atoms with E-state index in [4.69, 9.17) is 11.6 Å². The lowest BCUT2D eigenvalue weighted by Crippen LogP contribution is -2.15. The molecular formula is C19H11ClF2N2O2. The molecular weight excluding hydrogens is 362 g/mol. The summed E-state index contributed by atoms with van der Waals surface area (Å²) >= 11 is 5.29. The summed E-state index contributed by atoms with van der Waals surface area (Å²) < 4.78 is 27.7. The first-order valence-electron chi connectivity index (χ1n) is 7.47. The number of carbonyl (C=O) groups excluding carboxylic acids is 2. The monoisotopic (exact) mass is 372 g/mol. The van der Waals surface area contributed by atoms with Crippen molar-refractivity contribution < 1.29 is 18.4 Å². The molecule has 0 saturated heterocycles. The third-order valence-electron chi connectivity index (χ3n) is 3.61. The van der Waals surface area contributed by atoms with E-state index in [9.17, 15) is 18.4 Å². The number of nitrogens with zero attached hydrogens (tertiary/aromatic N) is 1. The predicted molar refractivity (Wildman–Crippen MR) is 94.2 cm³/mol. The number of hydrogen-bond acceptors (Lipinski definition) is 3. The smallest absolute Gasteiger partial charge is 0.256 e. The van der Waals surface area contributed by atoms with Crippen LogP contribution in [0.3, 0.4) is 0 Å². The zero-order valence-electron chi connectivity index (χ0n) is 13.2. The van der Waals surface area contributed by atoms with E-state index >= 15 is 0 Å². The Morgan fingerprint density at radius 1 is 1.00 bits per heavy atom. The van der Waals surface area contributed by atoms with Crippen LogP contribution in [-0.2, 0) is 0 Å². The summed E-state index contributed by atoms with van der Waals surface area (Å²) in [6, 6.07) is 12.2. The average Bonchev–Trinajstić information content (AvgIpc) is 2.63. The van der Waals surface area contributed by atoms with Gasteiger partial charge in [0.1, 0.15) is 11.6 Å². The Hall–Kier alpha value is -3.12. The van der Waals surface area contributed by atoms with Crippen LogP contribution in [0.15, 0.2) is 60.8 Å². The Morgan fingerprint density at radius 2 is 1.81 bits per heavy atom. The Morgan fingerprint density at radius 3 is 2.46 bits per heavy atom. The second kappa shape index (κ2) is 7.41. The fourth-order valence-electron chi connectivity index (χ4n) is 2.38. The molecule has 7 heteroatoms. The maximum Gasteiger partial charge on any atom is 0.256 e. The van der Waals surface area contributed by atoms with Crippen LogP contribution in [-0.4, -0.2) is 16.1 Å². The molecule has 2 aromatic carbocycles. The van der Waals surface area contributed by atoms with E-state index in [-0.39, 0.29) is 16.8 Å². The third kappa shape index (κ3) is 3.75. The number of pyridine rings is 1. The van der Waals surface area contributed by atoms with Crippen LogP contribution < -0.4 is 5.32 Å². The molecule has 26 heavy (non-hydrogen) atoms. The molecule has 0 aliphatic heterocycles. The van der Waals surface area contributed by atoms with Gasteiger partial charge in [0, 0.05) is 17.3 Å². The van der Waals surface area contributed by atoms with Crippen LogP contribution in [0.5, 0.6) is 0 Å². The highest BCUT2D eigenvalue weighted by molar-refractivity contribution is 6.67. The molecule has 4 nitrogen and oxygen atoms in total. The molecule has 0 radical (unpaired) electrons. The Bertz CT molecular complexity index is 994. The predicted octanol–water partition coefficient (Wildman–Crippen LogP) is 4.66. The maximum absolute atomic E-state index is 14.1. The molecule has 0 aliphatic rings. The van der Waals surface area contributed by atoms with Crippen LogP contribution in [0.25, 0.3) is 11.3 Å². The fourth-order valence-corrected chi connectivity index (χ4v) is 2.50. The van der Waals surface area contributed by atoms with Crippen LogP contribution in [0.2, 0.25) is 0 Å². The molecule has 3 rings (SSSR count). The number of halogens is 3. The highest BCUT2D eigenvalue weighted by Crippen LogP contribution is 2.25. The van der Waals surface area contributed by atoms with Crippen molar-refractivity contribution in [2.45, 2.75) is 0 Å². The molecule has 1 N–H and O–H groups in total. The topological polar surface area (TPSA) is 59.1 Å².